The van der Waals surface area contributed by atoms with Gasteiger partial charge in [0.15, 0.2) is 0 Å². The lowest BCUT2D eigenvalue weighted by molar-refractivity contribution is -0.113. The van der Waals surface area contributed by atoms with Gasteiger partial charge in [-0.1, -0.05) is 30.8 Å². The Labute approximate surface area is 191 Å². The van der Waals surface area contributed by atoms with Crippen LogP contribution in [0.1, 0.15) is 38.8 Å². The lowest BCUT2D eigenvalue weighted by Crippen LogP contribution is -2.31. The number of hydrogen-bond donors (Lipinski definition) is 2. The molecule has 2 aromatic heterocycles. The number of anilines is 2. The summed E-state index contributed by atoms with van der Waals surface area (Å²) in [5, 5.41) is 11.7. The molecule has 4 rings (SSSR count). The molecule has 1 unspecified atom stereocenters. The summed E-state index contributed by atoms with van der Waals surface area (Å²) in [6.07, 6.45) is 4.46. The van der Waals surface area contributed by atoms with Crippen molar-refractivity contribution in [3.63, 3.8) is 0 Å². The van der Waals surface area contributed by atoms with Gasteiger partial charge in [0.25, 0.3) is 5.91 Å². The SMILES string of the molecule is CCCSc1nc2n(n1)C(c1ccncc1)C(C(=O)Nc1ccccc1OCC)=C(C)N2. The maximum Gasteiger partial charge on any atom is 0.255 e. The Morgan fingerprint density at radius 2 is 2.00 bits per heavy atom. The van der Waals surface area contributed by atoms with Crippen LogP contribution >= 0.6 is 11.8 Å². The zero-order valence-electron chi connectivity index (χ0n) is 18.3. The molecule has 0 fully saturated rings. The number of aromatic nitrogens is 4. The van der Waals surface area contributed by atoms with Crippen molar-refractivity contribution < 1.29 is 9.53 Å². The van der Waals surface area contributed by atoms with Crippen LogP contribution in [0.2, 0.25) is 0 Å². The Morgan fingerprint density at radius 1 is 1.22 bits per heavy atom. The molecule has 1 atom stereocenters. The second kappa shape index (κ2) is 9.86. The lowest BCUT2D eigenvalue weighted by Gasteiger charge is -2.28. The first-order valence-corrected chi connectivity index (χ1v) is 11.6. The summed E-state index contributed by atoms with van der Waals surface area (Å²) >= 11 is 1.60. The molecule has 1 aromatic carbocycles. The minimum atomic E-state index is -0.433. The fraction of sp³-hybridized carbons (Fsp3) is 0.304. The molecule has 0 saturated carbocycles. The van der Waals surface area contributed by atoms with Gasteiger partial charge in [-0.15, -0.1) is 5.10 Å². The number of hydrogen-bond acceptors (Lipinski definition) is 7. The molecule has 1 amide bonds. The van der Waals surface area contributed by atoms with Gasteiger partial charge < -0.3 is 15.4 Å². The first kappa shape index (κ1) is 21.9. The molecule has 0 bridgehead atoms. The van der Waals surface area contributed by atoms with E-state index < -0.39 is 6.04 Å². The minimum absolute atomic E-state index is 0.229. The van der Waals surface area contributed by atoms with E-state index in [2.05, 4.69) is 27.5 Å². The summed E-state index contributed by atoms with van der Waals surface area (Å²) in [7, 11) is 0. The average molecular weight is 451 g/mol. The normalized spacial score (nSPS) is 15.2. The minimum Gasteiger partial charge on any atom is -0.492 e. The molecule has 3 heterocycles. The lowest BCUT2D eigenvalue weighted by atomic mass is 9.96. The molecule has 0 saturated heterocycles. The summed E-state index contributed by atoms with van der Waals surface area (Å²) < 4.78 is 7.46. The van der Waals surface area contributed by atoms with Crippen LogP contribution in [0, 0.1) is 0 Å². The fourth-order valence-electron chi connectivity index (χ4n) is 3.57. The summed E-state index contributed by atoms with van der Waals surface area (Å²) in [5.74, 6) is 1.95. The van der Waals surface area contributed by atoms with Gasteiger partial charge in [0.2, 0.25) is 11.1 Å². The van der Waals surface area contributed by atoms with Crippen molar-refractivity contribution in [2.24, 2.45) is 0 Å². The third kappa shape index (κ3) is 4.47. The van der Waals surface area contributed by atoms with Crippen molar-refractivity contribution in [3.8, 4) is 5.75 Å². The molecule has 0 spiro atoms. The number of nitrogens with zero attached hydrogens (tertiary/aromatic N) is 4. The smallest absolute Gasteiger partial charge is 0.255 e. The van der Waals surface area contributed by atoms with Crippen molar-refractivity contribution in [2.45, 2.75) is 38.4 Å². The van der Waals surface area contributed by atoms with Gasteiger partial charge in [-0.3, -0.25) is 9.78 Å². The molecule has 3 aromatic rings. The van der Waals surface area contributed by atoms with Gasteiger partial charge in [0.1, 0.15) is 11.8 Å². The van der Waals surface area contributed by atoms with E-state index in [-0.39, 0.29) is 5.91 Å². The standard InChI is InChI=1S/C23H26N6O2S/c1-4-14-32-23-27-22-25-15(3)19(20(29(22)28-23)16-10-12-24-13-11-16)21(30)26-17-8-6-7-9-18(17)31-5-2/h6-13,20H,4-5,14H2,1-3H3,(H,26,30)(H,25,27,28). The monoisotopic (exact) mass is 450 g/mol. The molecule has 0 radical (unpaired) electrons. The van der Waals surface area contributed by atoms with Crippen LogP contribution in [0.25, 0.3) is 0 Å². The first-order valence-electron chi connectivity index (χ1n) is 10.6. The quantitative estimate of drug-likeness (QED) is 0.488. The van der Waals surface area contributed by atoms with Crippen molar-refractivity contribution in [1.82, 2.24) is 19.7 Å². The number of nitrogens with one attached hydrogen (secondary N) is 2. The van der Waals surface area contributed by atoms with E-state index in [4.69, 9.17) is 9.84 Å². The molecular weight excluding hydrogens is 424 g/mol. The molecule has 1 aliphatic heterocycles. The predicted molar refractivity (Wildman–Crippen MR) is 126 cm³/mol. The molecule has 2 N–H and O–H groups in total. The van der Waals surface area contributed by atoms with E-state index in [0.29, 0.717) is 34.7 Å². The number of carbonyl (C=O) groups is 1. The second-order valence-electron chi connectivity index (χ2n) is 7.24. The van der Waals surface area contributed by atoms with Crippen LogP contribution in [0.15, 0.2) is 65.2 Å². The summed E-state index contributed by atoms with van der Waals surface area (Å²) in [4.78, 5) is 22.3. The summed E-state index contributed by atoms with van der Waals surface area (Å²) in [6.45, 7) is 6.43. The van der Waals surface area contributed by atoms with Gasteiger partial charge >= 0.3 is 0 Å². The Kier molecular flexibility index (Phi) is 6.75. The zero-order valence-corrected chi connectivity index (χ0v) is 19.1. The van der Waals surface area contributed by atoms with E-state index in [9.17, 15) is 4.79 Å². The number of benzene rings is 1. The van der Waals surface area contributed by atoms with E-state index >= 15 is 0 Å². The highest BCUT2D eigenvalue weighted by molar-refractivity contribution is 7.99. The molecular formula is C23H26N6O2S. The number of allylic oxidation sites excluding steroid dienone is 1. The number of pyridine rings is 1. The molecule has 0 aliphatic carbocycles. The Morgan fingerprint density at radius 3 is 2.75 bits per heavy atom. The van der Waals surface area contributed by atoms with E-state index in [1.165, 1.54) is 0 Å². The van der Waals surface area contributed by atoms with Crippen molar-refractivity contribution in [1.29, 1.82) is 0 Å². The summed E-state index contributed by atoms with van der Waals surface area (Å²) in [5.41, 5.74) is 2.82. The van der Waals surface area contributed by atoms with Crippen LogP contribution in [0.5, 0.6) is 5.75 Å². The third-order valence-corrected chi connectivity index (χ3v) is 6.01. The number of para-hydroxylation sites is 2. The highest BCUT2D eigenvalue weighted by Crippen LogP contribution is 2.37. The van der Waals surface area contributed by atoms with Crippen LogP contribution < -0.4 is 15.4 Å². The summed E-state index contributed by atoms with van der Waals surface area (Å²) in [6, 6.07) is 10.8. The Hall–Kier alpha value is -3.33. The van der Waals surface area contributed by atoms with Gasteiger partial charge in [-0.25, -0.2) is 4.68 Å². The number of fused-ring (bicyclic) bond motifs is 1. The number of ether oxygens (including phenoxy) is 1. The Bertz CT molecular complexity index is 1130. The molecule has 32 heavy (non-hydrogen) atoms. The van der Waals surface area contributed by atoms with Crippen LogP contribution in [0.4, 0.5) is 11.6 Å². The van der Waals surface area contributed by atoms with Crippen molar-refractivity contribution in [2.75, 3.05) is 23.0 Å². The molecule has 1 aliphatic rings. The highest BCUT2D eigenvalue weighted by atomic mass is 32.2. The van der Waals surface area contributed by atoms with Crippen molar-refractivity contribution in [3.05, 3.63) is 65.6 Å². The van der Waals surface area contributed by atoms with Crippen LogP contribution in [0.3, 0.4) is 0 Å². The zero-order chi connectivity index (χ0) is 22.5. The van der Waals surface area contributed by atoms with E-state index in [1.54, 1.807) is 28.8 Å². The first-order chi connectivity index (χ1) is 15.6. The van der Waals surface area contributed by atoms with Crippen LogP contribution in [-0.2, 0) is 4.79 Å². The number of thioether (sulfide) groups is 1. The average Bonchev–Trinajstić information content (AvgIpc) is 3.21. The van der Waals surface area contributed by atoms with Crippen molar-refractivity contribution >= 4 is 29.3 Å². The number of carbonyl (C=O) groups excluding carboxylic acids is 1. The van der Waals surface area contributed by atoms with Crippen LogP contribution in [-0.4, -0.2) is 38.0 Å². The number of rotatable bonds is 8. The van der Waals surface area contributed by atoms with Gasteiger partial charge in [0.05, 0.1) is 17.9 Å². The topological polar surface area (TPSA) is 94.0 Å². The largest absolute Gasteiger partial charge is 0.492 e. The second-order valence-corrected chi connectivity index (χ2v) is 8.30. The van der Waals surface area contributed by atoms with Gasteiger partial charge in [-0.2, -0.15) is 4.98 Å². The number of amides is 1. The Balaban J connectivity index is 1.73. The fourth-order valence-corrected chi connectivity index (χ4v) is 4.26. The maximum absolute atomic E-state index is 13.6. The van der Waals surface area contributed by atoms with E-state index in [1.807, 2.05) is 50.2 Å². The van der Waals surface area contributed by atoms with E-state index in [0.717, 1.165) is 23.4 Å². The van der Waals surface area contributed by atoms with Gasteiger partial charge in [-0.05, 0) is 50.1 Å². The highest BCUT2D eigenvalue weighted by Gasteiger charge is 2.34. The predicted octanol–water partition coefficient (Wildman–Crippen LogP) is 4.50. The molecule has 8 nitrogen and oxygen atoms in total. The third-order valence-electron chi connectivity index (χ3n) is 4.97. The van der Waals surface area contributed by atoms with Gasteiger partial charge in [0, 0.05) is 23.8 Å². The molecule has 9 heteroatoms. The maximum atomic E-state index is 13.6. The molecule has 166 valence electrons.